The first-order chi connectivity index (χ1) is 16.4. The van der Waals surface area contributed by atoms with Crippen molar-refractivity contribution in [3.63, 3.8) is 0 Å². The van der Waals surface area contributed by atoms with Crippen LogP contribution in [0.4, 0.5) is 5.69 Å². The molecular weight excluding hydrogens is 426 g/mol. The Balaban J connectivity index is 1.68. The molecule has 1 fully saturated rings. The van der Waals surface area contributed by atoms with Crippen molar-refractivity contribution in [2.45, 2.75) is 66.0 Å². The number of hydrogen-bond donors (Lipinski definition) is 0. The van der Waals surface area contributed by atoms with Crippen molar-refractivity contribution in [2.24, 2.45) is 5.92 Å². The maximum absolute atomic E-state index is 13.9. The summed E-state index contributed by atoms with van der Waals surface area (Å²) in [5.41, 5.74) is 3.64. The van der Waals surface area contributed by atoms with E-state index in [1.807, 2.05) is 51.7 Å². The molecule has 0 unspecified atom stereocenters. The average Bonchev–Trinajstić information content (AvgIpc) is 3.57. The molecule has 2 heterocycles. The van der Waals surface area contributed by atoms with E-state index in [9.17, 15) is 9.59 Å². The molecule has 1 aliphatic heterocycles. The molecule has 1 saturated carbocycles. The highest BCUT2D eigenvalue weighted by molar-refractivity contribution is 5.94. The Kier molecular flexibility index (Phi) is 7.71. The molecule has 2 aliphatic rings. The van der Waals surface area contributed by atoms with Crippen LogP contribution in [-0.4, -0.2) is 64.1 Å². The van der Waals surface area contributed by atoms with Gasteiger partial charge < -0.3 is 14.7 Å². The van der Waals surface area contributed by atoms with Gasteiger partial charge in [-0.05, 0) is 56.3 Å². The Hall–Kier alpha value is -2.67. The number of carbonyl (C=O) groups is 2. The highest BCUT2D eigenvalue weighted by Gasteiger charge is 2.30. The lowest BCUT2D eigenvalue weighted by molar-refractivity contribution is -0.116. The van der Waals surface area contributed by atoms with Gasteiger partial charge in [0.25, 0.3) is 5.91 Å². The standard InChI is InChI=1S/C27H39N5O2/c1-5-32-26(17-24(28-32)22-11-12-22)27(34)30-16-15-29(18-20(2)3)13-8-14-31(21(4)33)25-10-7-6-9-23(25)19-30/h6-7,9-10,17,20,22H,5,8,11-16,18-19H2,1-4H3. The fourth-order valence-corrected chi connectivity index (χ4v) is 4.93. The predicted molar refractivity (Wildman–Crippen MR) is 135 cm³/mol. The first-order valence-electron chi connectivity index (χ1n) is 12.8. The van der Waals surface area contributed by atoms with Crippen LogP contribution in [0.5, 0.6) is 0 Å². The molecule has 0 saturated heterocycles. The monoisotopic (exact) mass is 465 g/mol. The maximum Gasteiger partial charge on any atom is 0.272 e. The number of amides is 2. The number of aromatic nitrogens is 2. The minimum atomic E-state index is 0.0224. The first-order valence-corrected chi connectivity index (χ1v) is 12.8. The van der Waals surface area contributed by atoms with Crippen molar-refractivity contribution in [3.05, 3.63) is 47.3 Å². The summed E-state index contributed by atoms with van der Waals surface area (Å²) in [7, 11) is 0. The van der Waals surface area contributed by atoms with Crippen LogP contribution < -0.4 is 4.90 Å². The summed E-state index contributed by atoms with van der Waals surface area (Å²) in [6.07, 6.45) is 3.23. The van der Waals surface area contributed by atoms with E-state index in [2.05, 4.69) is 18.7 Å². The molecule has 1 aromatic heterocycles. The largest absolute Gasteiger partial charge is 0.332 e. The number of carbonyl (C=O) groups excluding carboxylic acids is 2. The van der Waals surface area contributed by atoms with Gasteiger partial charge in [-0.25, -0.2) is 0 Å². The number of anilines is 1. The second kappa shape index (κ2) is 10.7. The molecular formula is C27H39N5O2. The first kappa shape index (κ1) is 24.5. The van der Waals surface area contributed by atoms with Crippen LogP contribution in [0, 0.1) is 5.92 Å². The summed E-state index contributed by atoms with van der Waals surface area (Å²) in [5, 5.41) is 4.74. The number of fused-ring (bicyclic) bond motifs is 1. The van der Waals surface area contributed by atoms with Crippen molar-refractivity contribution in [1.82, 2.24) is 19.6 Å². The zero-order valence-corrected chi connectivity index (χ0v) is 21.2. The molecule has 2 amide bonds. The van der Waals surface area contributed by atoms with E-state index in [1.165, 1.54) is 0 Å². The molecule has 0 bridgehead atoms. The quantitative estimate of drug-likeness (QED) is 0.666. The lowest BCUT2D eigenvalue weighted by Crippen LogP contribution is -2.40. The lowest BCUT2D eigenvalue weighted by atomic mass is 10.1. The highest BCUT2D eigenvalue weighted by atomic mass is 16.2. The Morgan fingerprint density at radius 1 is 1.09 bits per heavy atom. The number of nitrogens with zero attached hydrogens (tertiary/aromatic N) is 5. The Morgan fingerprint density at radius 3 is 2.53 bits per heavy atom. The van der Waals surface area contributed by atoms with Crippen molar-refractivity contribution >= 4 is 17.5 Å². The fourth-order valence-electron chi connectivity index (χ4n) is 4.93. The summed E-state index contributed by atoms with van der Waals surface area (Å²) in [6, 6.07) is 10.0. The zero-order valence-electron chi connectivity index (χ0n) is 21.2. The predicted octanol–water partition coefficient (Wildman–Crippen LogP) is 4.14. The SMILES string of the molecule is CCn1nc(C2CC2)cc1C(=O)N1CCN(CC(C)C)CCCN(C(C)=O)c2ccccc2C1. The molecule has 34 heavy (non-hydrogen) atoms. The van der Waals surface area contributed by atoms with Gasteiger partial charge in [-0.15, -0.1) is 0 Å². The van der Waals surface area contributed by atoms with Gasteiger partial charge >= 0.3 is 0 Å². The minimum Gasteiger partial charge on any atom is -0.332 e. The smallest absolute Gasteiger partial charge is 0.272 e. The molecule has 0 atom stereocenters. The van der Waals surface area contributed by atoms with Gasteiger partial charge in [0.2, 0.25) is 5.91 Å². The van der Waals surface area contributed by atoms with Gasteiger partial charge in [-0.2, -0.15) is 5.10 Å². The van der Waals surface area contributed by atoms with Crippen molar-refractivity contribution in [1.29, 1.82) is 0 Å². The summed E-state index contributed by atoms with van der Waals surface area (Å²) in [5.74, 6) is 1.11. The van der Waals surface area contributed by atoms with Crippen LogP contribution in [0.1, 0.15) is 74.6 Å². The third-order valence-corrected chi connectivity index (χ3v) is 6.79. The van der Waals surface area contributed by atoms with Crippen LogP contribution in [0.3, 0.4) is 0 Å². The Labute approximate surface area is 203 Å². The second-order valence-corrected chi connectivity index (χ2v) is 10.1. The molecule has 7 heteroatoms. The van der Waals surface area contributed by atoms with Crippen molar-refractivity contribution in [2.75, 3.05) is 37.6 Å². The number of aryl methyl sites for hydroxylation is 1. The van der Waals surface area contributed by atoms with Gasteiger partial charge in [0, 0.05) is 57.8 Å². The molecule has 1 aromatic carbocycles. The van der Waals surface area contributed by atoms with E-state index in [0.717, 1.165) is 55.8 Å². The Morgan fingerprint density at radius 2 is 1.85 bits per heavy atom. The van der Waals surface area contributed by atoms with E-state index in [-0.39, 0.29) is 11.8 Å². The normalized spacial score (nSPS) is 18.0. The maximum atomic E-state index is 13.9. The molecule has 1 aliphatic carbocycles. The number of para-hydroxylation sites is 1. The molecule has 7 nitrogen and oxygen atoms in total. The minimum absolute atomic E-state index is 0.0224. The van der Waals surface area contributed by atoms with Crippen molar-refractivity contribution < 1.29 is 9.59 Å². The number of benzene rings is 1. The van der Waals surface area contributed by atoms with E-state index < -0.39 is 0 Å². The van der Waals surface area contributed by atoms with Gasteiger partial charge in [0.05, 0.1) is 5.69 Å². The van der Waals surface area contributed by atoms with E-state index >= 15 is 0 Å². The third-order valence-electron chi connectivity index (χ3n) is 6.79. The Bertz CT molecular complexity index is 1010. The summed E-state index contributed by atoms with van der Waals surface area (Å²) >= 11 is 0. The second-order valence-electron chi connectivity index (χ2n) is 10.1. The average molecular weight is 466 g/mol. The third kappa shape index (κ3) is 5.69. The molecule has 0 N–H and O–H groups in total. The molecule has 2 aromatic rings. The van der Waals surface area contributed by atoms with E-state index in [0.29, 0.717) is 43.7 Å². The van der Waals surface area contributed by atoms with E-state index in [4.69, 9.17) is 5.10 Å². The summed E-state index contributed by atoms with van der Waals surface area (Å²) in [6.45, 7) is 13.3. The molecule has 0 spiro atoms. The van der Waals surface area contributed by atoms with Crippen molar-refractivity contribution in [3.8, 4) is 0 Å². The molecule has 184 valence electrons. The van der Waals surface area contributed by atoms with Crippen LogP contribution >= 0.6 is 0 Å². The van der Waals surface area contributed by atoms with Crippen LogP contribution in [0.15, 0.2) is 30.3 Å². The van der Waals surface area contributed by atoms with Crippen LogP contribution in [-0.2, 0) is 17.9 Å². The molecule has 4 rings (SSSR count). The highest BCUT2D eigenvalue weighted by Crippen LogP contribution is 2.39. The van der Waals surface area contributed by atoms with Gasteiger partial charge in [-0.1, -0.05) is 32.0 Å². The summed E-state index contributed by atoms with van der Waals surface area (Å²) in [4.78, 5) is 32.8. The fraction of sp³-hybridized carbons (Fsp3) is 0.593. The van der Waals surface area contributed by atoms with Crippen LogP contribution in [0.2, 0.25) is 0 Å². The van der Waals surface area contributed by atoms with Gasteiger partial charge in [-0.3, -0.25) is 14.3 Å². The topological polar surface area (TPSA) is 61.7 Å². The lowest BCUT2D eigenvalue weighted by Gasteiger charge is -2.29. The number of hydrogen-bond acceptors (Lipinski definition) is 4. The molecule has 0 radical (unpaired) electrons. The summed E-state index contributed by atoms with van der Waals surface area (Å²) < 4.78 is 1.86. The zero-order chi connectivity index (χ0) is 24.2. The van der Waals surface area contributed by atoms with Gasteiger partial charge in [0.1, 0.15) is 5.69 Å². The van der Waals surface area contributed by atoms with E-state index in [1.54, 1.807) is 6.92 Å². The van der Waals surface area contributed by atoms with Crippen LogP contribution in [0.25, 0.3) is 0 Å². The van der Waals surface area contributed by atoms with Gasteiger partial charge in [0.15, 0.2) is 0 Å². The number of rotatable bonds is 5.